The molecule has 0 saturated carbocycles. The Balaban J connectivity index is 2.72. The van der Waals surface area contributed by atoms with Crippen LogP contribution in [0.25, 0.3) is 0 Å². The first kappa shape index (κ1) is 9.67. The molecule has 0 aromatic carbocycles. The Morgan fingerprint density at radius 1 is 1.50 bits per heavy atom. The van der Waals surface area contributed by atoms with Crippen LogP contribution < -0.4 is 0 Å². The maximum atomic E-state index is 4.98. The van der Waals surface area contributed by atoms with Gasteiger partial charge in [-0.2, -0.15) is 0 Å². The smallest absolute Gasteiger partial charge is 0.143 e. The molecular formula is C7H12BrN3O. The van der Waals surface area contributed by atoms with Gasteiger partial charge in [-0.05, 0) is 6.92 Å². The van der Waals surface area contributed by atoms with Crippen molar-refractivity contribution in [1.29, 1.82) is 0 Å². The summed E-state index contributed by atoms with van der Waals surface area (Å²) in [5.41, 5.74) is 0. The van der Waals surface area contributed by atoms with E-state index in [4.69, 9.17) is 4.74 Å². The summed E-state index contributed by atoms with van der Waals surface area (Å²) in [7, 11) is 1.69. The number of hydrogen-bond acceptors (Lipinski definition) is 3. The second-order valence-electron chi connectivity index (χ2n) is 2.44. The molecule has 1 aromatic rings. The largest absolute Gasteiger partial charge is 0.383 e. The van der Waals surface area contributed by atoms with Crippen LogP contribution >= 0.6 is 15.9 Å². The molecule has 0 aliphatic heterocycles. The Morgan fingerprint density at radius 2 is 2.25 bits per heavy atom. The summed E-state index contributed by atoms with van der Waals surface area (Å²) in [5, 5.41) is 8.70. The number of hydrogen-bond donors (Lipinski definition) is 0. The van der Waals surface area contributed by atoms with Crippen LogP contribution in [0.2, 0.25) is 0 Å². The molecule has 0 aliphatic rings. The minimum absolute atomic E-state index is 0.693. The number of nitrogens with zero attached hydrogens (tertiary/aromatic N) is 3. The highest BCUT2D eigenvalue weighted by Gasteiger charge is 2.05. The Bertz CT molecular complexity index is 249. The lowest BCUT2D eigenvalue weighted by molar-refractivity contribution is 0.186. The molecule has 0 amide bonds. The fourth-order valence-corrected chi connectivity index (χ4v) is 1.41. The van der Waals surface area contributed by atoms with Crippen molar-refractivity contribution in [1.82, 2.24) is 14.8 Å². The third-order valence-corrected chi connectivity index (χ3v) is 2.15. The number of aryl methyl sites for hydroxylation is 1. The van der Waals surface area contributed by atoms with E-state index in [9.17, 15) is 0 Å². The highest BCUT2D eigenvalue weighted by atomic mass is 79.9. The molecule has 0 atom stereocenters. The van der Waals surface area contributed by atoms with E-state index in [0.717, 1.165) is 23.5 Å². The minimum Gasteiger partial charge on any atom is -0.383 e. The van der Waals surface area contributed by atoms with Crippen LogP contribution in [0.3, 0.4) is 0 Å². The minimum atomic E-state index is 0.693. The molecule has 0 fully saturated rings. The molecule has 1 heterocycles. The van der Waals surface area contributed by atoms with Gasteiger partial charge in [-0.3, -0.25) is 0 Å². The molecule has 0 bridgehead atoms. The maximum absolute atomic E-state index is 4.98. The molecule has 0 spiro atoms. The molecule has 0 aliphatic carbocycles. The summed E-state index contributed by atoms with van der Waals surface area (Å²) in [4.78, 5) is 0. The molecule has 4 nitrogen and oxygen atoms in total. The fraction of sp³-hybridized carbons (Fsp3) is 0.714. The molecule has 12 heavy (non-hydrogen) atoms. The lowest BCUT2D eigenvalue weighted by Crippen LogP contribution is -2.08. The van der Waals surface area contributed by atoms with Gasteiger partial charge in [0.25, 0.3) is 0 Å². The van der Waals surface area contributed by atoms with Gasteiger partial charge in [-0.1, -0.05) is 15.9 Å². The van der Waals surface area contributed by atoms with E-state index in [1.165, 1.54) is 0 Å². The monoisotopic (exact) mass is 233 g/mol. The molecule has 1 rings (SSSR count). The third-order valence-electron chi connectivity index (χ3n) is 1.65. The van der Waals surface area contributed by atoms with Gasteiger partial charge < -0.3 is 9.30 Å². The van der Waals surface area contributed by atoms with Crippen LogP contribution in [0.5, 0.6) is 0 Å². The van der Waals surface area contributed by atoms with E-state index in [0.29, 0.717) is 6.61 Å². The van der Waals surface area contributed by atoms with E-state index in [2.05, 4.69) is 26.1 Å². The van der Waals surface area contributed by atoms with Crippen molar-refractivity contribution in [3.8, 4) is 0 Å². The van der Waals surface area contributed by atoms with E-state index in [-0.39, 0.29) is 0 Å². The Labute approximate surface area is 80.1 Å². The molecule has 1 aromatic heterocycles. The van der Waals surface area contributed by atoms with Gasteiger partial charge in [0.05, 0.1) is 11.9 Å². The van der Waals surface area contributed by atoms with Crippen LogP contribution in [0.15, 0.2) is 0 Å². The summed E-state index contributed by atoms with van der Waals surface area (Å²) in [6.07, 6.45) is 0. The van der Waals surface area contributed by atoms with Crippen molar-refractivity contribution < 1.29 is 4.74 Å². The first-order valence-corrected chi connectivity index (χ1v) is 4.85. The van der Waals surface area contributed by atoms with Gasteiger partial charge in [-0.15, -0.1) is 10.2 Å². The Hall–Kier alpha value is -0.420. The second-order valence-corrected chi connectivity index (χ2v) is 3.00. The standard InChI is InChI=1S/C7H12BrN3O/c1-6-9-10-7(5-8)11(6)3-4-12-2/h3-5H2,1-2H3. The Kier molecular flexibility index (Phi) is 3.68. The average molecular weight is 234 g/mol. The van der Waals surface area contributed by atoms with Crippen LogP contribution in [0.4, 0.5) is 0 Å². The van der Waals surface area contributed by atoms with Gasteiger partial charge in [-0.25, -0.2) is 0 Å². The predicted molar refractivity (Wildman–Crippen MR) is 49.3 cm³/mol. The Morgan fingerprint density at radius 3 is 2.83 bits per heavy atom. The van der Waals surface area contributed by atoms with Gasteiger partial charge in [0.15, 0.2) is 0 Å². The number of ether oxygens (including phenoxy) is 1. The number of halogens is 1. The zero-order valence-corrected chi connectivity index (χ0v) is 8.84. The lowest BCUT2D eigenvalue weighted by Gasteiger charge is -2.05. The van der Waals surface area contributed by atoms with Gasteiger partial charge in [0.1, 0.15) is 11.6 Å². The van der Waals surface area contributed by atoms with Crippen LogP contribution in [-0.4, -0.2) is 28.5 Å². The zero-order chi connectivity index (χ0) is 8.97. The van der Waals surface area contributed by atoms with Crippen molar-refractivity contribution in [2.24, 2.45) is 0 Å². The number of methoxy groups -OCH3 is 1. The summed E-state index contributed by atoms with van der Waals surface area (Å²) < 4.78 is 7.02. The van der Waals surface area contributed by atoms with Crippen molar-refractivity contribution in [3.63, 3.8) is 0 Å². The van der Waals surface area contributed by atoms with E-state index < -0.39 is 0 Å². The number of aromatic nitrogens is 3. The highest BCUT2D eigenvalue weighted by Crippen LogP contribution is 2.04. The lowest BCUT2D eigenvalue weighted by atomic mass is 10.5. The van der Waals surface area contributed by atoms with Crippen LogP contribution in [-0.2, 0) is 16.6 Å². The first-order chi connectivity index (χ1) is 5.79. The number of rotatable bonds is 4. The van der Waals surface area contributed by atoms with Crippen LogP contribution in [0.1, 0.15) is 11.6 Å². The first-order valence-electron chi connectivity index (χ1n) is 3.73. The van der Waals surface area contributed by atoms with E-state index in [1.807, 2.05) is 11.5 Å². The van der Waals surface area contributed by atoms with E-state index >= 15 is 0 Å². The number of alkyl halides is 1. The molecule has 0 unspecified atom stereocenters. The molecule has 0 N–H and O–H groups in total. The van der Waals surface area contributed by atoms with Crippen molar-refractivity contribution in [2.45, 2.75) is 18.8 Å². The summed E-state index contributed by atoms with van der Waals surface area (Å²) >= 11 is 3.35. The second kappa shape index (κ2) is 4.57. The fourth-order valence-electron chi connectivity index (χ4n) is 0.997. The molecule has 0 radical (unpaired) electrons. The topological polar surface area (TPSA) is 39.9 Å². The van der Waals surface area contributed by atoms with Crippen molar-refractivity contribution >= 4 is 15.9 Å². The summed E-state index contributed by atoms with van der Waals surface area (Å²) in [5.74, 6) is 1.88. The molecule has 5 heteroatoms. The quantitative estimate of drug-likeness (QED) is 0.733. The van der Waals surface area contributed by atoms with E-state index in [1.54, 1.807) is 7.11 Å². The van der Waals surface area contributed by atoms with Crippen molar-refractivity contribution in [3.05, 3.63) is 11.6 Å². The SMILES string of the molecule is COCCn1c(C)nnc1CBr. The highest BCUT2D eigenvalue weighted by molar-refractivity contribution is 9.08. The molecular weight excluding hydrogens is 222 g/mol. The maximum Gasteiger partial charge on any atom is 0.143 e. The summed E-state index contributed by atoms with van der Waals surface area (Å²) in [6.45, 7) is 3.45. The van der Waals surface area contributed by atoms with Crippen molar-refractivity contribution in [2.75, 3.05) is 13.7 Å². The third kappa shape index (κ3) is 2.04. The normalized spacial score (nSPS) is 10.6. The molecule has 0 saturated heterocycles. The van der Waals surface area contributed by atoms with Gasteiger partial charge in [0, 0.05) is 13.7 Å². The average Bonchev–Trinajstić information content (AvgIpc) is 2.43. The summed E-state index contributed by atoms with van der Waals surface area (Å²) in [6, 6.07) is 0. The predicted octanol–water partition coefficient (Wildman–Crippen LogP) is 1.13. The molecule has 68 valence electrons. The van der Waals surface area contributed by atoms with Gasteiger partial charge >= 0.3 is 0 Å². The van der Waals surface area contributed by atoms with Gasteiger partial charge in [0.2, 0.25) is 0 Å². The zero-order valence-electron chi connectivity index (χ0n) is 7.25. The van der Waals surface area contributed by atoms with Crippen LogP contribution in [0, 0.1) is 6.92 Å².